The van der Waals surface area contributed by atoms with Crippen molar-refractivity contribution in [3.63, 3.8) is 0 Å². The molecule has 2 aromatic carbocycles. The molecule has 0 unspecified atom stereocenters. The maximum absolute atomic E-state index is 6.01. The molecule has 0 radical (unpaired) electrons. The summed E-state index contributed by atoms with van der Waals surface area (Å²) in [5, 5.41) is 2.14. The summed E-state index contributed by atoms with van der Waals surface area (Å²) in [4.78, 5) is 0. The maximum Gasteiger partial charge on any atom is 0.126 e. The molecule has 0 heterocycles. The van der Waals surface area contributed by atoms with Gasteiger partial charge in [-0.2, -0.15) is 0 Å². The molecule has 0 bridgehead atoms. The van der Waals surface area contributed by atoms with Crippen LogP contribution in [0.1, 0.15) is 41.5 Å². The SMILES string of the molecule is CCOc1cc(OCC)c([SiH2]c2c(OCC)cc(OCC)cc2OCC)c(OCC)c1. The third kappa shape index (κ3) is 6.72. The first-order valence-corrected chi connectivity index (χ1v) is 12.6. The van der Waals surface area contributed by atoms with Crippen LogP contribution in [0.25, 0.3) is 0 Å². The normalized spacial score (nSPS) is 10.5. The van der Waals surface area contributed by atoms with Crippen molar-refractivity contribution in [1.82, 2.24) is 0 Å². The lowest BCUT2D eigenvalue weighted by Gasteiger charge is -2.21. The third-order valence-corrected chi connectivity index (χ3v) is 6.56. The molecule has 7 heteroatoms. The summed E-state index contributed by atoms with van der Waals surface area (Å²) in [6, 6.07) is 7.81. The van der Waals surface area contributed by atoms with Gasteiger partial charge in [0.2, 0.25) is 0 Å². The summed E-state index contributed by atoms with van der Waals surface area (Å²) in [6.07, 6.45) is 0. The molecule has 0 amide bonds. The van der Waals surface area contributed by atoms with Crippen molar-refractivity contribution in [3.8, 4) is 34.5 Å². The Labute approximate surface area is 188 Å². The van der Waals surface area contributed by atoms with E-state index in [1.54, 1.807) is 0 Å². The van der Waals surface area contributed by atoms with Crippen molar-refractivity contribution in [2.45, 2.75) is 41.5 Å². The lowest BCUT2D eigenvalue weighted by molar-refractivity contribution is 0.310. The minimum Gasteiger partial charge on any atom is -0.494 e. The fourth-order valence-corrected chi connectivity index (χ4v) is 5.22. The van der Waals surface area contributed by atoms with Crippen LogP contribution in [0.4, 0.5) is 0 Å². The molecule has 0 aliphatic rings. The molecule has 31 heavy (non-hydrogen) atoms. The van der Waals surface area contributed by atoms with Gasteiger partial charge in [0.05, 0.1) is 39.6 Å². The van der Waals surface area contributed by atoms with Crippen LogP contribution in [0.15, 0.2) is 24.3 Å². The molecule has 2 aromatic rings. The Hall–Kier alpha value is -2.54. The summed E-state index contributed by atoms with van der Waals surface area (Å²) in [7, 11) is -1.10. The Balaban J connectivity index is 2.63. The Bertz CT molecular complexity index is 702. The molecule has 6 nitrogen and oxygen atoms in total. The number of benzene rings is 2. The van der Waals surface area contributed by atoms with E-state index in [2.05, 4.69) is 0 Å². The molecule has 0 spiro atoms. The molecule has 2 rings (SSSR count). The van der Waals surface area contributed by atoms with Crippen LogP contribution in [-0.4, -0.2) is 49.2 Å². The van der Waals surface area contributed by atoms with Crippen LogP contribution >= 0.6 is 0 Å². The standard InChI is InChI=1S/C24H36O6Si/c1-7-25-17-13-19(27-9-3)23(20(14-17)28-10-4)31-24-21(29-11-5)15-18(26-8-2)16-22(24)30-12-6/h13-16H,7-12,31H2,1-6H3. The smallest absolute Gasteiger partial charge is 0.126 e. The highest BCUT2D eigenvalue weighted by Crippen LogP contribution is 2.29. The zero-order valence-electron chi connectivity index (χ0n) is 19.7. The van der Waals surface area contributed by atoms with Crippen LogP contribution in [0.5, 0.6) is 34.5 Å². The molecule has 0 aromatic heterocycles. The molecular weight excluding hydrogens is 412 g/mol. The van der Waals surface area contributed by atoms with Crippen molar-refractivity contribution in [1.29, 1.82) is 0 Å². The number of ether oxygens (including phenoxy) is 6. The van der Waals surface area contributed by atoms with E-state index >= 15 is 0 Å². The minimum absolute atomic E-state index is 0.558. The summed E-state index contributed by atoms with van der Waals surface area (Å²) < 4.78 is 35.5. The first kappa shape index (κ1) is 24.7. The van der Waals surface area contributed by atoms with Crippen LogP contribution in [0.2, 0.25) is 0 Å². The highest BCUT2D eigenvalue weighted by atomic mass is 28.2. The average Bonchev–Trinajstić information content (AvgIpc) is 2.73. The van der Waals surface area contributed by atoms with E-state index in [1.165, 1.54) is 0 Å². The van der Waals surface area contributed by atoms with Gasteiger partial charge in [-0.3, -0.25) is 0 Å². The monoisotopic (exact) mass is 448 g/mol. The molecule has 0 aliphatic carbocycles. The zero-order chi connectivity index (χ0) is 22.6. The predicted octanol–water partition coefficient (Wildman–Crippen LogP) is 3.20. The first-order chi connectivity index (χ1) is 15.1. The van der Waals surface area contributed by atoms with Gasteiger partial charge in [0, 0.05) is 34.6 Å². The van der Waals surface area contributed by atoms with Gasteiger partial charge in [-0.05, 0) is 41.5 Å². The number of hydrogen-bond acceptors (Lipinski definition) is 6. The van der Waals surface area contributed by atoms with Crippen molar-refractivity contribution in [2.75, 3.05) is 39.6 Å². The van der Waals surface area contributed by atoms with E-state index in [4.69, 9.17) is 28.4 Å². The second kappa shape index (κ2) is 13.0. The Morgan fingerprint density at radius 2 is 0.710 bits per heavy atom. The van der Waals surface area contributed by atoms with E-state index < -0.39 is 9.52 Å². The van der Waals surface area contributed by atoms with Gasteiger partial charge in [-0.25, -0.2) is 0 Å². The lowest BCUT2D eigenvalue weighted by Crippen LogP contribution is -2.33. The van der Waals surface area contributed by atoms with E-state index in [0.717, 1.165) is 44.9 Å². The molecule has 0 N–H and O–H groups in total. The fourth-order valence-electron chi connectivity index (χ4n) is 3.35. The summed E-state index contributed by atoms with van der Waals surface area (Å²) >= 11 is 0. The summed E-state index contributed by atoms with van der Waals surface area (Å²) in [5.41, 5.74) is 0. The molecule has 0 saturated carbocycles. The maximum atomic E-state index is 6.01. The second-order valence-corrected chi connectivity index (χ2v) is 8.34. The average molecular weight is 449 g/mol. The number of rotatable bonds is 14. The summed E-state index contributed by atoms with van der Waals surface area (Å²) in [5.74, 6) is 4.66. The van der Waals surface area contributed by atoms with Crippen LogP contribution in [0.3, 0.4) is 0 Å². The molecular formula is C24H36O6Si. The van der Waals surface area contributed by atoms with Gasteiger partial charge in [0.25, 0.3) is 0 Å². The fraction of sp³-hybridized carbons (Fsp3) is 0.500. The first-order valence-electron chi connectivity index (χ1n) is 11.2. The molecule has 0 fully saturated rings. The van der Waals surface area contributed by atoms with Gasteiger partial charge in [-0.15, -0.1) is 0 Å². The van der Waals surface area contributed by atoms with E-state index in [9.17, 15) is 0 Å². The zero-order valence-corrected chi connectivity index (χ0v) is 21.1. The Morgan fingerprint density at radius 1 is 0.452 bits per heavy atom. The van der Waals surface area contributed by atoms with Crippen molar-refractivity contribution in [3.05, 3.63) is 24.3 Å². The highest BCUT2D eigenvalue weighted by molar-refractivity contribution is 6.70. The van der Waals surface area contributed by atoms with Gasteiger partial charge in [0.1, 0.15) is 44.0 Å². The van der Waals surface area contributed by atoms with Crippen molar-refractivity contribution < 1.29 is 28.4 Å². The predicted molar refractivity (Wildman–Crippen MR) is 128 cm³/mol. The second-order valence-electron chi connectivity index (χ2n) is 6.57. The van der Waals surface area contributed by atoms with E-state index in [1.807, 2.05) is 65.8 Å². The molecule has 0 saturated heterocycles. The van der Waals surface area contributed by atoms with Gasteiger partial charge in [-0.1, -0.05) is 0 Å². The van der Waals surface area contributed by atoms with Crippen LogP contribution in [0, 0.1) is 0 Å². The van der Waals surface area contributed by atoms with Gasteiger partial charge in [0.15, 0.2) is 0 Å². The molecule has 172 valence electrons. The highest BCUT2D eigenvalue weighted by Gasteiger charge is 2.21. The Kier molecular flexibility index (Phi) is 10.4. The van der Waals surface area contributed by atoms with Crippen molar-refractivity contribution in [2.24, 2.45) is 0 Å². The van der Waals surface area contributed by atoms with E-state index in [-0.39, 0.29) is 0 Å². The van der Waals surface area contributed by atoms with Gasteiger partial charge >= 0.3 is 0 Å². The van der Waals surface area contributed by atoms with Gasteiger partial charge < -0.3 is 28.4 Å². The Morgan fingerprint density at radius 3 is 0.935 bits per heavy atom. The lowest BCUT2D eigenvalue weighted by atomic mass is 10.3. The largest absolute Gasteiger partial charge is 0.494 e. The molecule has 0 atom stereocenters. The summed E-state index contributed by atoms with van der Waals surface area (Å²) in [6.45, 7) is 15.2. The molecule has 0 aliphatic heterocycles. The minimum atomic E-state index is -1.10. The third-order valence-electron chi connectivity index (χ3n) is 4.46. The van der Waals surface area contributed by atoms with Crippen LogP contribution in [-0.2, 0) is 0 Å². The van der Waals surface area contributed by atoms with Crippen molar-refractivity contribution >= 4 is 19.9 Å². The quantitative estimate of drug-likeness (QED) is 0.414. The van der Waals surface area contributed by atoms with Crippen LogP contribution < -0.4 is 38.8 Å². The van der Waals surface area contributed by atoms with E-state index in [0.29, 0.717) is 39.6 Å². The topological polar surface area (TPSA) is 55.4 Å². The number of hydrogen-bond donors (Lipinski definition) is 0.